The molecule has 3 rings (SSSR count). The summed E-state index contributed by atoms with van der Waals surface area (Å²) in [5.41, 5.74) is 1.25. The van der Waals surface area contributed by atoms with Crippen molar-refractivity contribution in [2.45, 2.75) is 49.2 Å². The standard InChI is InChI=1S/C19H29N3OS/c1-21(13-15-3-7-18(24-2)8-4-15)14-19(23)20-16-9-11-22(12-10-16)17-5-6-17/h3-4,7-8,16-17H,5-6,9-14H2,1-2H3,(H,20,23). The van der Waals surface area contributed by atoms with Crippen molar-refractivity contribution in [3.05, 3.63) is 29.8 Å². The second-order valence-electron chi connectivity index (χ2n) is 7.13. The smallest absolute Gasteiger partial charge is 0.234 e. The van der Waals surface area contributed by atoms with Crippen LogP contribution in [0.4, 0.5) is 0 Å². The van der Waals surface area contributed by atoms with Crippen LogP contribution in [0.1, 0.15) is 31.2 Å². The van der Waals surface area contributed by atoms with Gasteiger partial charge in [-0.05, 0) is 56.7 Å². The number of carbonyl (C=O) groups is 1. The molecular formula is C19H29N3OS. The number of likely N-dealkylation sites (N-methyl/N-ethyl adjacent to an activating group) is 1. The van der Waals surface area contributed by atoms with Crippen molar-refractivity contribution in [2.24, 2.45) is 0 Å². The number of nitrogens with one attached hydrogen (secondary N) is 1. The molecule has 1 N–H and O–H groups in total. The highest BCUT2D eigenvalue weighted by Gasteiger charge is 2.32. The lowest BCUT2D eigenvalue weighted by molar-refractivity contribution is -0.123. The fourth-order valence-corrected chi connectivity index (χ4v) is 3.87. The Morgan fingerprint density at radius 2 is 1.88 bits per heavy atom. The van der Waals surface area contributed by atoms with Crippen molar-refractivity contribution in [2.75, 3.05) is 32.9 Å². The van der Waals surface area contributed by atoms with Crippen molar-refractivity contribution < 1.29 is 4.79 Å². The minimum Gasteiger partial charge on any atom is -0.352 e. The van der Waals surface area contributed by atoms with E-state index in [-0.39, 0.29) is 5.91 Å². The zero-order valence-electron chi connectivity index (χ0n) is 14.8. The largest absolute Gasteiger partial charge is 0.352 e. The van der Waals surface area contributed by atoms with E-state index in [1.54, 1.807) is 11.8 Å². The van der Waals surface area contributed by atoms with Crippen LogP contribution < -0.4 is 5.32 Å². The summed E-state index contributed by atoms with van der Waals surface area (Å²) >= 11 is 1.75. The molecule has 2 fully saturated rings. The second-order valence-corrected chi connectivity index (χ2v) is 8.01. The van der Waals surface area contributed by atoms with Crippen LogP contribution in [0.3, 0.4) is 0 Å². The highest BCUT2D eigenvalue weighted by Crippen LogP contribution is 2.29. The number of thioether (sulfide) groups is 1. The predicted octanol–water partition coefficient (Wildman–Crippen LogP) is 2.58. The number of piperidine rings is 1. The molecule has 2 aliphatic rings. The molecular weight excluding hydrogens is 318 g/mol. The van der Waals surface area contributed by atoms with Crippen LogP contribution in [0.15, 0.2) is 29.2 Å². The first-order chi connectivity index (χ1) is 11.6. The van der Waals surface area contributed by atoms with E-state index in [4.69, 9.17) is 0 Å². The molecule has 1 aromatic rings. The third-order valence-electron chi connectivity index (χ3n) is 4.98. The Bertz CT molecular complexity index is 536. The summed E-state index contributed by atoms with van der Waals surface area (Å²) < 4.78 is 0. The molecule has 0 aromatic heterocycles. The summed E-state index contributed by atoms with van der Waals surface area (Å²) in [5, 5.41) is 3.22. The zero-order valence-corrected chi connectivity index (χ0v) is 15.6. The Morgan fingerprint density at radius 3 is 2.46 bits per heavy atom. The number of hydrogen-bond acceptors (Lipinski definition) is 4. The molecule has 0 atom stereocenters. The van der Waals surface area contributed by atoms with E-state index in [0.29, 0.717) is 12.6 Å². The number of amides is 1. The number of benzene rings is 1. The third-order valence-corrected chi connectivity index (χ3v) is 5.73. The minimum atomic E-state index is 0.156. The highest BCUT2D eigenvalue weighted by atomic mass is 32.2. The van der Waals surface area contributed by atoms with Gasteiger partial charge in [0.2, 0.25) is 5.91 Å². The van der Waals surface area contributed by atoms with Gasteiger partial charge in [0.1, 0.15) is 0 Å². The van der Waals surface area contributed by atoms with E-state index in [1.165, 1.54) is 23.3 Å². The molecule has 1 saturated carbocycles. The first-order valence-corrected chi connectivity index (χ1v) is 10.2. The van der Waals surface area contributed by atoms with E-state index in [0.717, 1.165) is 38.5 Å². The van der Waals surface area contributed by atoms with Crippen LogP contribution in [-0.4, -0.2) is 60.7 Å². The SMILES string of the molecule is CSc1ccc(CN(C)CC(=O)NC2CCN(C3CC3)CC2)cc1. The zero-order chi connectivity index (χ0) is 16.9. The van der Waals surface area contributed by atoms with Crippen LogP contribution in [0.5, 0.6) is 0 Å². The van der Waals surface area contributed by atoms with Gasteiger partial charge in [-0.15, -0.1) is 11.8 Å². The number of hydrogen-bond donors (Lipinski definition) is 1. The fraction of sp³-hybridized carbons (Fsp3) is 0.632. The molecule has 1 aliphatic heterocycles. The molecule has 1 aromatic carbocycles. The number of carbonyl (C=O) groups excluding carboxylic acids is 1. The maximum atomic E-state index is 12.3. The minimum absolute atomic E-state index is 0.156. The van der Waals surface area contributed by atoms with Gasteiger partial charge in [-0.2, -0.15) is 0 Å². The first kappa shape index (κ1) is 17.8. The van der Waals surface area contributed by atoms with E-state index >= 15 is 0 Å². The second kappa shape index (κ2) is 8.37. The molecule has 5 heteroatoms. The Hall–Kier alpha value is -1.04. The lowest BCUT2D eigenvalue weighted by atomic mass is 10.0. The van der Waals surface area contributed by atoms with Crippen molar-refractivity contribution in [1.29, 1.82) is 0 Å². The quantitative estimate of drug-likeness (QED) is 0.769. The van der Waals surface area contributed by atoms with E-state index < -0.39 is 0 Å². The molecule has 24 heavy (non-hydrogen) atoms. The van der Waals surface area contributed by atoms with Crippen LogP contribution in [0.2, 0.25) is 0 Å². The Morgan fingerprint density at radius 1 is 1.21 bits per heavy atom. The normalized spacial score (nSPS) is 19.6. The van der Waals surface area contributed by atoms with Crippen molar-refractivity contribution >= 4 is 17.7 Å². The van der Waals surface area contributed by atoms with Crippen LogP contribution in [0, 0.1) is 0 Å². The Balaban J connectivity index is 1.37. The molecule has 0 spiro atoms. The summed E-state index contributed by atoms with van der Waals surface area (Å²) in [5.74, 6) is 0.156. The average molecular weight is 348 g/mol. The van der Waals surface area contributed by atoms with Crippen molar-refractivity contribution in [3.63, 3.8) is 0 Å². The van der Waals surface area contributed by atoms with Gasteiger partial charge in [0.15, 0.2) is 0 Å². The summed E-state index contributed by atoms with van der Waals surface area (Å²) in [6.07, 6.45) is 7.03. The average Bonchev–Trinajstić information content (AvgIpc) is 3.41. The van der Waals surface area contributed by atoms with E-state index in [9.17, 15) is 4.79 Å². The molecule has 0 bridgehead atoms. The molecule has 1 amide bonds. The maximum Gasteiger partial charge on any atom is 0.234 e. The Labute approximate surface area is 150 Å². The summed E-state index contributed by atoms with van der Waals surface area (Å²) in [6, 6.07) is 9.79. The van der Waals surface area contributed by atoms with Gasteiger partial charge in [0, 0.05) is 36.6 Å². The third kappa shape index (κ3) is 5.23. The molecule has 4 nitrogen and oxygen atoms in total. The van der Waals surface area contributed by atoms with Gasteiger partial charge in [0.05, 0.1) is 6.54 Å². The highest BCUT2D eigenvalue weighted by molar-refractivity contribution is 7.98. The molecule has 1 saturated heterocycles. The fourth-order valence-electron chi connectivity index (χ4n) is 3.47. The summed E-state index contributed by atoms with van der Waals surface area (Å²) in [4.78, 5) is 18.2. The monoisotopic (exact) mass is 347 g/mol. The van der Waals surface area contributed by atoms with Gasteiger partial charge in [-0.25, -0.2) is 0 Å². The molecule has 0 unspecified atom stereocenters. The maximum absolute atomic E-state index is 12.3. The molecule has 1 aliphatic carbocycles. The number of rotatable bonds is 7. The van der Waals surface area contributed by atoms with Crippen LogP contribution in [0.25, 0.3) is 0 Å². The van der Waals surface area contributed by atoms with E-state index in [2.05, 4.69) is 45.6 Å². The van der Waals surface area contributed by atoms with Gasteiger partial charge >= 0.3 is 0 Å². The number of likely N-dealkylation sites (tertiary alicyclic amines) is 1. The predicted molar refractivity (Wildman–Crippen MR) is 100 cm³/mol. The van der Waals surface area contributed by atoms with Gasteiger partial charge in [-0.1, -0.05) is 12.1 Å². The summed E-state index contributed by atoms with van der Waals surface area (Å²) in [6.45, 7) is 3.57. The van der Waals surface area contributed by atoms with Crippen LogP contribution >= 0.6 is 11.8 Å². The lowest BCUT2D eigenvalue weighted by Gasteiger charge is -2.32. The van der Waals surface area contributed by atoms with Gasteiger partial charge in [0.25, 0.3) is 0 Å². The summed E-state index contributed by atoms with van der Waals surface area (Å²) in [7, 11) is 2.01. The van der Waals surface area contributed by atoms with Crippen molar-refractivity contribution in [3.8, 4) is 0 Å². The first-order valence-electron chi connectivity index (χ1n) is 8.99. The molecule has 132 valence electrons. The Kier molecular flexibility index (Phi) is 6.19. The van der Waals surface area contributed by atoms with Crippen molar-refractivity contribution in [1.82, 2.24) is 15.1 Å². The lowest BCUT2D eigenvalue weighted by Crippen LogP contribution is -2.47. The van der Waals surface area contributed by atoms with Gasteiger partial charge < -0.3 is 10.2 Å². The molecule has 1 heterocycles. The topological polar surface area (TPSA) is 35.6 Å². The van der Waals surface area contributed by atoms with E-state index in [1.807, 2.05) is 7.05 Å². The van der Waals surface area contributed by atoms with Crippen LogP contribution in [-0.2, 0) is 11.3 Å². The molecule has 0 radical (unpaired) electrons. The number of nitrogens with zero attached hydrogens (tertiary/aromatic N) is 2. The van der Waals surface area contributed by atoms with Gasteiger partial charge in [-0.3, -0.25) is 9.69 Å².